The molecule has 1 aromatic carbocycles. The Morgan fingerprint density at radius 3 is 2.61 bits per heavy atom. The van der Waals surface area contributed by atoms with Crippen LogP contribution in [0.4, 0.5) is 0 Å². The van der Waals surface area contributed by atoms with E-state index in [1.807, 2.05) is 7.05 Å². The lowest BCUT2D eigenvalue weighted by Crippen LogP contribution is -2.30. The molecule has 0 saturated carbocycles. The van der Waals surface area contributed by atoms with Gasteiger partial charge in [0.05, 0.1) is 6.04 Å². The normalized spacial score (nSPS) is 12.6. The summed E-state index contributed by atoms with van der Waals surface area (Å²) in [6.07, 6.45) is 4.33. The van der Waals surface area contributed by atoms with Crippen LogP contribution in [-0.4, -0.2) is 21.0 Å². The lowest BCUT2D eigenvalue weighted by Gasteiger charge is -2.16. The molecule has 0 aliphatic rings. The first-order valence-corrected chi connectivity index (χ1v) is 6.90. The maximum Gasteiger partial charge on any atom is 0.138 e. The first-order chi connectivity index (χ1) is 8.74. The molecule has 18 heavy (non-hydrogen) atoms. The molecule has 96 valence electrons. The van der Waals surface area contributed by atoms with Crippen molar-refractivity contribution in [3.05, 3.63) is 42.0 Å². The molecule has 1 aromatic heterocycles. The average molecular weight is 263 g/mol. The van der Waals surface area contributed by atoms with Crippen molar-refractivity contribution in [3.63, 3.8) is 0 Å². The van der Waals surface area contributed by atoms with E-state index in [1.165, 1.54) is 4.90 Å². The van der Waals surface area contributed by atoms with Crippen LogP contribution in [-0.2, 0) is 13.5 Å². The zero-order chi connectivity index (χ0) is 13.0. The van der Waals surface area contributed by atoms with E-state index in [0.29, 0.717) is 6.42 Å². The molecule has 0 fully saturated rings. The molecule has 5 nitrogen and oxygen atoms in total. The third kappa shape index (κ3) is 2.90. The molecule has 1 unspecified atom stereocenters. The minimum atomic E-state index is 0.0452. The second kappa shape index (κ2) is 5.99. The number of rotatable bonds is 5. The van der Waals surface area contributed by atoms with Gasteiger partial charge in [-0.05, 0) is 24.0 Å². The highest BCUT2D eigenvalue weighted by Crippen LogP contribution is 2.20. The Labute approximate surface area is 111 Å². The van der Waals surface area contributed by atoms with Crippen LogP contribution in [0.5, 0.6) is 0 Å². The van der Waals surface area contributed by atoms with E-state index in [0.717, 1.165) is 11.4 Å². The minimum Gasteiger partial charge on any atom is -0.271 e. The van der Waals surface area contributed by atoms with E-state index in [2.05, 4.69) is 46.0 Å². The first kappa shape index (κ1) is 13.1. The Hall–Kier alpha value is -1.37. The highest BCUT2D eigenvalue weighted by Gasteiger charge is 2.13. The van der Waals surface area contributed by atoms with Crippen molar-refractivity contribution in [2.45, 2.75) is 17.4 Å². The summed E-state index contributed by atoms with van der Waals surface area (Å²) in [7, 11) is 1.88. The summed E-state index contributed by atoms with van der Waals surface area (Å²) in [5, 5.41) is 4.06. The van der Waals surface area contributed by atoms with Crippen LogP contribution in [0.25, 0.3) is 0 Å². The van der Waals surface area contributed by atoms with Gasteiger partial charge in [0.15, 0.2) is 0 Å². The van der Waals surface area contributed by atoms with Gasteiger partial charge in [0.1, 0.15) is 12.2 Å². The fourth-order valence-electron chi connectivity index (χ4n) is 1.80. The smallest absolute Gasteiger partial charge is 0.138 e. The number of benzene rings is 1. The molecular weight excluding hydrogens is 246 g/mol. The Bertz CT molecular complexity index is 493. The number of nitrogens with one attached hydrogen (secondary N) is 1. The molecule has 1 atom stereocenters. The molecule has 0 aliphatic heterocycles. The molecule has 0 radical (unpaired) electrons. The van der Waals surface area contributed by atoms with Crippen LogP contribution in [0.15, 0.2) is 35.5 Å². The number of hydrazine groups is 1. The highest BCUT2D eigenvalue weighted by atomic mass is 32.2. The van der Waals surface area contributed by atoms with Crippen LogP contribution in [0.1, 0.15) is 17.4 Å². The number of nitrogens with two attached hydrogens (primary N) is 1. The fourth-order valence-corrected chi connectivity index (χ4v) is 2.20. The lowest BCUT2D eigenvalue weighted by molar-refractivity contribution is 0.523. The van der Waals surface area contributed by atoms with E-state index in [9.17, 15) is 0 Å². The van der Waals surface area contributed by atoms with Crippen molar-refractivity contribution in [3.8, 4) is 0 Å². The van der Waals surface area contributed by atoms with Gasteiger partial charge in [0.25, 0.3) is 0 Å². The molecule has 3 N–H and O–H groups in total. The molecule has 0 aliphatic carbocycles. The average Bonchev–Trinajstić information content (AvgIpc) is 2.81. The SMILES string of the molecule is CSc1ccc(C(Cc2ncnn2C)NN)cc1. The number of thioether (sulfide) groups is 1. The van der Waals surface area contributed by atoms with Crippen molar-refractivity contribution in [2.75, 3.05) is 6.26 Å². The fraction of sp³-hybridized carbons (Fsp3) is 0.333. The Morgan fingerprint density at radius 1 is 1.39 bits per heavy atom. The van der Waals surface area contributed by atoms with Gasteiger partial charge in [-0.1, -0.05) is 12.1 Å². The summed E-state index contributed by atoms with van der Waals surface area (Å²) >= 11 is 1.73. The number of hydrogen-bond acceptors (Lipinski definition) is 5. The third-order valence-corrected chi connectivity index (χ3v) is 3.65. The van der Waals surface area contributed by atoms with Gasteiger partial charge < -0.3 is 0 Å². The van der Waals surface area contributed by atoms with Crippen LogP contribution in [0, 0.1) is 0 Å². The predicted octanol–water partition coefficient (Wildman–Crippen LogP) is 1.28. The molecular formula is C12H17N5S. The zero-order valence-corrected chi connectivity index (χ0v) is 11.3. The largest absolute Gasteiger partial charge is 0.271 e. The van der Waals surface area contributed by atoms with E-state index >= 15 is 0 Å². The van der Waals surface area contributed by atoms with Gasteiger partial charge in [-0.2, -0.15) is 5.10 Å². The van der Waals surface area contributed by atoms with Crippen LogP contribution in [0.2, 0.25) is 0 Å². The van der Waals surface area contributed by atoms with Gasteiger partial charge in [-0.15, -0.1) is 11.8 Å². The first-order valence-electron chi connectivity index (χ1n) is 5.67. The van der Waals surface area contributed by atoms with Crippen LogP contribution in [0.3, 0.4) is 0 Å². The van der Waals surface area contributed by atoms with Crippen molar-refractivity contribution in [1.29, 1.82) is 0 Å². The van der Waals surface area contributed by atoms with Crippen LogP contribution < -0.4 is 11.3 Å². The maximum atomic E-state index is 5.63. The van der Waals surface area contributed by atoms with E-state index in [-0.39, 0.29) is 6.04 Å². The summed E-state index contributed by atoms with van der Waals surface area (Å²) in [6, 6.07) is 8.42. The third-order valence-electron chi connectivity index (χ3n) is 2.91. The van der Waals surface area contributed by atoms with E-state index in [4.69, 9.17) is 5.84 Å². The topological polar surface area (TPSA) is 68.8 Å². The van der Waals surface area contributed by atoms with Crippen molar-refractivity contribution >= 4 is 11.8 Å². The lowest BCUT2D eigenvalue weighted by atomic mass is 10.0. The van der Waals surface area contributed by atoms with Crippen molar-refractivity contribution < 1.29 is 0 Å². The summed E-state index contributed by atoms with van der Waals surface area (Å²) in [5.74, 6) is 6.54. The molecule has 0 saturated heterocycles. The quantitative estimate of drug-likeness (QED) is 0.483. The summed E-state index contributed by atoms with van der Waals surface area (Å²) < 4.78 is 1.76. The summed E-state index contributed by atoms with van der Waals surface area (Å²) in [5.41, 5.74) is 3.98. The van der Waals surface area contributed by atoms with Gasteiger partial charge in [-0.3, -0.25) is 16.0 Å². The second-order valence-electron chi connectivity index (χ2n) is 4.00. The number of aromatic nitrogens is 3. The van der Waals surface area contributed by atoms with Gasteiger partial charge in [0.2, 0.25) is 0 Å². The molecule has 2 aromatic rings. The molecule has 0 amide bonds. The monoisotopic (exact) mass is 263 g/mol. The molecule has 2 rings (SSSR count). The molecule has 1 heterocycles. The minimum absolute atomic E-state index is 0.0452. The second-order valence-corrected chi connectivity index (χ2v) is 4.88. The predicted molar refractivity (Wildman–Crippen MR) is 73.0 cm³/mol. The van der Waals surface area contributed by atoms with Crippen molar-refractivity contribution in [1.82, 2.24) is 20.2 Å². The van der Waals surface area contributed by atoms with Crippen LogP contribution >= 0.6 is 11.8 Å². The zero-order valence-electron chi connectivity index (χ0n) is 10.5. The molecule has 6 heteroatoms. The maximum absolute atomic E-state index is 5.63. The van der Waals surface area contributed by atoms with Gasteiger partial charge >= 0.3 is 0 Å². The number of nitrogens with zero attached hydrogens (tertiary/aromatic N) is 3. The Kier molecular flexibility index (Phi) is 4.35. The number of aryl methyl sites for hydroxylation is 1. The van der Waals surface area contributed by atoms with E-state index in [1.54, 1.807) is 22.8 Å². The highest BCUT2D eigenvalue weighted by molar-refractivity contribution is 7.98. The molecule has 0 spiro atoms. The van der Waals surface area contributed by atoms with Gasteiger partial charge in [-0.25, -0.2) is 4.98 Å². The summed E-state index contributed by atoms with van der Waals surface area (Å²) in [6.45, 7) is 0. The standard InChI is InChI=1S/C12H17N5S/c1-17-12(14-8-15-17)7-11(16-13)9-3-5-10(18-2)6-4-9/h3-6,8,11,16H,7,13H2,1-2H3. The van der Waals surface area contributed by atoms with Gasteiger partial charge in [0, 0.05) is 18.4 Å². The van der Waals surface area contributed by atoms with Crippen molar-refractivity contribution in [2.24, 2.45) is 12.9 Å². The number of hydrogen-bond donors (Lipinski definition) is 2. The Morgan fingerprint density at radius 2 is 2.11 bits per heavy atom. The van der Waals surface area contributed by atoms with E-state index < -0.39 is 0 Å². The molecule has 0 bridgehead atoms. The Balaban J connectivity index is 2.15. The summed E-state index contributed by atoms with van der Waals surface area (Å²) in [4.78, 5) is 5.46.